The quantitative estimate of drug-likeness (QED) is 0.452. The van der Waals surface area contributed by atoms with Crippen LogP contribution in [-0.2, 0) is 7.05 Å². The van der Waals surface area contributed by atoms with E-state index < -0.39 is 0 Å². The number of aryl methyl sites for hydroxylation is 1. The molecule has 4 heteroatoms. The van der Waals surface area contributed by atoms with Crippen LogP contribution in [0.1, 0.15) is 0 Å². The van der Waals surface area contributed by atoms with Crippen molar-refractivity contribution in [2.75, 3.05) is 0 Å². The van der Waals surface area contributed by atoms with Crippen molar-refractivity contribution in [2.24, 2.45) is 7.05 Å². The Morgan fingerprint density at radius 1 is 1.05 bits per heavy atom. The highest BCUT2D eigenvalue weighted by Crippen LogP contribution is 2.34. The molecule has 1 aromatic carbocycles. The molecule has 0 N–H and O–H groups in total. The number of aromatic nitrogens is 3. The van der Waals surface area contributed by atoms with Gasteiger partial charge in [-0.1, -0.05) is 11.6 Å². The molecule has 0 atom stereocenters. The molecule has 0 saturated heterocycles. The fourth-order valence-corrected chi connectivity index (χ4v) is 2.94. The Morgan fingerprint density at radius 2 is 1.95 bits per heavy atom. The number of pyridine rings is 2. The van der Waals surface area contributed by atoms with Crippen molar-refractivity contribution in [3.05, 3.63) is 48.0 Å². The molecule has 3 nitrogen and oxygen atoms in total. The molecule has 0 amide bonds. The summed E-state index contributed by atoms with van der Waals surface area (Å²) in [6.07, 6.45) is 5.42. The lowest BCUT2D eigenvalue weighted by Gasteiger charge is -2.00. The van der Waals surface area contributed by atoms with Gasteiger partial charge in [-0.15, -0.1) is 0 Å². The molecule has 0 fully saturated rings. The van der Waals surface area contributed by atoms with E-state index in [0.717, 1.165) is 27.2 Å². The average molecular weight is 268 g/mol. The van der Waals surface area contributed by atoms with Gasteiger partial charge in [-0.25, -0.2) is 4.98 Å². The van der Waals surface area contributed by atoms with Gasteiger partial charge in [-0.2, -0.15) is 0 Å². The van der Waals surface area contributed by atoms with Gasteiger partial charge in [0.05, 0.1) is 5.52 Å². The average Bonchev–Trinajstić information content (AvgIpc) is 2.71. The summed E-state index contributed by atoms with van der Waals surface area (Å²) in [4.78, 5) is 8.36. The van der Waals surface area contributed by atoms with Gasteiger partial charge < -0.3 is 4.57 Å². The Bertz CT molecular complexity index is 940. The second-order valence-corrected chi connectivity index (χ2v) is 5.01. The van der Waals surface area contributed by atoms with Gasteiger partial charge in [0.15, 0.2) is 0 Å². The molecular weight excluding hydrogens is 258 g/mol. The summed E-state index contributed by atoms with van der Waals surface area (Å²) < 4.78 is 2.15. The normalized spacial score (nSPS) is 11.7. The third-order valence-electron chi connectivity index (χ3n) is 3.63. The van der Waals surface area contributed by atoms with Gasteiger partial charge in [0.2, 0.25) is 0 Å². The topological polar surface area (TPSA) is 30.7 Å². The number of fused-ring (bicyclic) bond motifs is 4. The summed E-state index contributed by atoms with van der Waals surface area (Å²) in [6.45, 7) is 0. The predicted octanol–water partition coefficient (Wildman–Crippen LogP) is 3.93. The van der Waals surface area contributed by atoms with Crippen LogP contribution in [0, 0.1) is 0 Å². The molecule has 0 bridgehead atoms. The molecule has 0 radical (unpaired) electrons. The van der Waals surface area contributed by atoms with E-state index in [1.165, 1.54) is 5.39 Å². The maximum absolute atomic E-state index is 6.26. The first-order chi connectivity index (χ1) is 9.25. The van der Waals surface area contributed by atoms with Crippen molar-refractivity contribution < 1.29 is 0 Å². The molecule has 0 aliphatic heterocycles. The summed E-state index contributed by atoms with van der Waals surface area (Å²) in [5.74, 6) is 0. The molecule has 0 saturated carbocycles. The highest BCUT2D eigenvalue weighted by Gasteiger charge is 2.12. The van der Waals surface area contributed by atoms with E-state index in [-0.39, 0.29) is 0 Å². The Kier molecular flexibility index (Phi) is 2.09. The van der Waals surface area contributed by atoms with Crippen LogP contribution in [0.4, 0.5) is 0 Å². The Morgan fingerprint density at radius 3 is 2.84 bits per heavy atom. The van der Waals surface area contributed by atoms with Crippen molar-refractivity contribution in [3.63, 3.8) is 0 Å². The van der Waals surface area contributed by atoms with Crippen LogP contribution >= 0.6 is 11.6 Å². The van der Waals surface area contributed by atoms with Crippen molar-refractivity contribution in [1.29, 1.82) is 0 Å². The van der Waals surface area contributed by atoms with Crippen molar-refractivity contribution in [1.82, 2.24) is 14.5 Å². The minimum Gasteiger partial charge on any atom is -0.343 e. The lowest BCUT2D eigenvalue weighted by molar-refractivity contribution is 1.01. The van der Waals surface area contributed by atoms with Crippen LogP contribution in [0.15, 0.2) is 42.9 Å². The fourth-order valence-electron chi connectivity index (χ4n) is 2.69. The molecule has 92 valence electrons. The largest absolute Gasteiger partial charge is 0.343 e. The van der Waals surface area contributed by atoms with E-state index in [1.54, 1.807) is 6.20 Å². The number of hydrogen-bond donors (Lipinski definition) is 0. The SMILES string of the molecule is Cn1c2cc3ccncc3cc2c2c(Cl)nccc21. The molecule has 0 unspecified atom stereocenters. The van der Waals surface area contributed by atoms with Gasteiger partial charge in [-0.05, 0) is 29.7 Å². The molecule has 0 aliphatic carbocycles. The lowest BCUT2D eigenvalue weighted by Crippen LogP contribution is -1.86. The van der Waals surface area contributed by atoms with Gasteiger partial charge >= 0.3 is 0 Å². The van der Waals surface area contributed by atoms with Gasteiger partial charge in [-0.3, -0.25) is 4.98 Å². The monoisotopic (exact) mass is 267 g/mol. The van der Waals surface area contributed by atoms with E-state index in [0.29, 0.717) is 5.15 Å². The highest BCUT2D eigenvalue weighted by atomic mass is 35.5. The molecule has 3 heterocycles. The number of nitrogens with zero attached hydrogens (tertiary/aromatic N) is 3. The second-order valence-electron chi connectivity index (χ2n) is 4.65. The van der Waals surface area contributed by atoms with Gasteiger partial charge in [0.1, 0.15) is 5.15 Å². The third-order valence-corrected chi connectivity index (χ3v) is 3.92. The highest BCUT2D eigenvalue weighted by molar-refractivity contribution is 6.37. The number of benzene rings is 1. The molecule has 19 heavy (non-hydrogen) atoms. The summed E-state index contributed by atoms with van der Waals surface area (Å²) in [7, 11) is 2.05. The number of hydrogen-bond acceptors (Lipinski definition) is 2. The molecule has 4 aromatic rings. The zero-order valence-electron chi connectivity index (χ0n) is 10.3. The fraction of sp³-hybridized carbons (Fsp3) is 0.0667. The first kappa shape index (κ1) is 10.8. The standard InChI is InChI=1S/C15H10ClN3/c1-19-12-3-5-18-15(16)14(12)11-6-10-8-17-4-2-9(10)7-13(11)19/h2-8H,1H3. The van der Waals surface area contributed by atoms with Crippen molar-refractivity contribution in [2.45, 2.75) is 0 Å². The summed E-state index contributed by atoms with van der Waals surface area (Å²) in [5, 5.41) is 4.97. The van der Waals surface area contributed by atoms with Crippen molar-refractivity contribution >= 4 is 44.2 Å². The van der Waals surface area contributed by atoms with E-state index in [2.05, 4.69) is 26.7 Å². The zero-order valence-corrected chi connectivity index (χ0v) is 11.0. The second kappa shape index (κ2) is 3.68. The zero-order chi connectivity index (χ0) is 13.0. The van der Waals surface area contributed by atoms with E-state index in [1.807, 2.05) is 31.6 Å². The maximum atomic E-state index is 6.26. The maximum Gasteiger partial charge on any atom is 0.138 e. The van der Waals surface area contributed by atoms with Crippen LogP contribution in [0.25, 0.3) is 32.6 Å². The number of halogens is 1. The Hall–Kier alpha value is -2.13. The van der Waals surface area contributed by atoms with Crippen LogP contribution in [0.2, 0.25) is 5.15 Å². The summed E-state index contributed by atoms with van der Waals surface area (Å²) in [6, 6.07) is 8.31. The van der Waals surface area contributed by atoms with E-state index in [9.17, 15) is 0 Å². The molecule has 3 aromatic heterocycles. The summed E-state index contributed by atoms with van der Waals surface area (Å²) >= 11 is 6.26. The van der Waals surface area contributed by atoms with Crippen LogP contribution < -0.4 is 0 Å². The van der Waals surface area contributed by atoms with Gasteiger partial charge in [0.25, 0.3) is 0 Å². The van der Waals surface area contributed by atoms with E-state index in [4.69, 9.17) is 11.6 Å². The van der Waals surface area contributed by atoms with Crippen LogP contribution in [0.5, 0.6) is 0 Å². The minimum atomic E-state index is 0.548. The predicted molar refractivity (Wildman–Crippen MR) is 78.5 cm³/mol. The molecule has 4 rings (SSSR count). The Labute approximate surface area is 114 Å². The third kappa shape index (κ3) is 1.39. The molecule has 0 aliphatic rings. The smallest absolute Gasteiger partial charge is 0.138 e. The summed E-state index contributed by atoms with van der Waals surface area (Å²) in [5.41, 5.74) is 2.25. The first-order valence-electron chi connectivity index (χ1n) is 6.02. The van der Waals surface area contributed by atoms with E-state index >= 15 is 0 Å². The first-order valence-corrected chi connectivity index (χ1v) is 6.40. The minimum absolute atomic E-state index is 0.548. The Balaban J connectivity index is 2.34. The van der Waals surface area contributed by atoms with Crippen LogP contribution in [0.3, 0.4) is 0 Å². The molecule has 0 spiro atoms. The van der Waals surface area contributed by atoms with Crippen molar-refractivity contribution in [3.8, 4) is 0 Å². The van der Waals surface area contributed by atoms with Gasteiger partial charge in [0, 0.05) is 47.3 Å². The molecular formula is C15H10ClN3. The number of rotatable bonds is 0. The van der Waals surface area contributed by atoms with Crippen LogP contribution in [-0.4, -0.2) is 14.5 Å². The lowest BCUT2D eigenvalue weighted by atomic mass is 10.1.